The summed E-state index contributed by atoms with van der Waals surface area (Å²) in [7, 11) is 1.37. The van der Waals surface area contributed by atoms with E-state index in [9.17, 15) is 31.1 Å². The van der Waals surface area contributed by atoms with E-state index in [1.807, 2.05) is 0 Å². The summed E-state index contributed by atoms with van der Waals surface area (Å²) in [5.41, 5.74) is 1.35. The Morgan fingerprint density at radius 1 is 0.886 bits per heavy atom. The largest absolute Gasteiger partial charge is 0.493 e. The molecule has 0 aromatic heterocycles. The van der Waals surface area contributed by atoms with Crippen LogP contribution in [0, 0.1) is 0 Å². The second kappa shape index (κ2) is 10.5. The number of alkyl halides is 6. The van der Waals surface area contributed by atoms with Crippen LogP contribution >= 0.6 is 0 Å². The second-order valence-electron chi connectivity index (χ2n) is 7.17. The normalized spacial score (nSPS) is 12.0. The van der Waals surface area contributed by atoms with Crippen molar-refractivity contribution in [1.29, 1.82) is 0 Å². The van der Waals surface area contributed by atoms with Gasteiger partial charge >= 0.3 is 12.4 Å². The molecule has 3 rings (SSSR count). The zero-order valence-corrected chi connectivity index (χ0v) is 18.1. The van der Waals surface area contributed by atoms with E-state index in [2.05, 4.69) is 10.5 Å². The van der Waals surface area contributed by atoms with Crippen LogP contribution in [-0.4, -0.2) is 19.2 Å². The standard InChI is InChI=1S/C24H18F6N2O3/c1-34-21-12-15(13-31-32-22(33)17-6-8-18(9-7-17)23(25,26)27)5-10-20(21)35-14-16-3-2-4-19(11-16)24(28,29)30/h2-13H,14H2,1H3,(H,32,33)/b31-13-. The molecule has 3 aromatic carbocycles. The smallest absolute Gasteiger partial charge is 0.416 e. The zero-order chi connectivity index (χ0) is 25.6. The van der Waals surface area contributed by atoms with Crippen molar-refractivity contribution in [3.05, 3.63) is 94.5 Å². The van der Waals surface area contributed by atoms with E-state index in [-0.39, 0.29) is 23.7 Å². The minimum absolute atomic E-state index is 0.00827. The number of benzene rings is 3. The van der Waals surface area contributed by atoms with Crippen LogP contribution in [0.15, 0.2) is 71.8 Å². The van der Waals surface area contributed by atoms with Crippen molar-refractivity contribution in [2.45, 2.75) is 19.0 Å². The lowest BCUT2D eigenvalue weighted by Gasteiger charge is -2.12. The molecule has 0 fully saturated rings. The summed E-state index contributed by atoms with van der Waals surface area (Å²) in [5, 5.41) is 3.77. The van der Waals surface area contributed by atoms with Gasteiger partial charge in [0, 0.05) is 5.56 Å². The highest BCUT2D eigenvalue weighted by atomic mass is 19.4. The molecule has 3 aromatic rings. The first-order chi connectivity index (χ1) is 16.5. The van der Waals surface area contributed by atoms with E-state index in [0.717, 1.165) is 36.4 Å². The lowest BCUT2D eigenvalue weighted by Crippen LogP contribution is -2.18. The summed E-state index contributed by atoms with van der Waals surface area (Å²) in [6.07, 6.45) is -7.69. The van der Waals surface area contributed by atoms with Crippen molar-refractivity contribution in [1.82, 2.24) is 5.43 Å². The van der Waals surface area contributed by atoms with Gasteiger partial charge < -0.3 is 9.47 Å². The number of amides is 1. The third-order valence-electron chi connectivity index (χ3n) is 4.69. The SMILES string of the molecule is COc1cc(/C=N\NC(=O)c2ccc(C(F)(F)F)cc2)ccc1OCc1cccc(C(F)(F)F)c1. The molecule has 0 unspecified atom stereocenters. The summed E-state index contributed by atoms with van der Waals surface area (Å²) in [6, 6.07) is 13.0. The molecule has 0 bridgehead atoms. The Hall–Kier alpha value is -4.02. The summed E-state index contributed by atoms with van der Waals surface area (Å²) >= 11 is 0. The van der Waals surface area contributed by atoms with Crippen LogP contribution in [0.5, 0.6) is 11.5 Å². The van der Waals surface area contributed by atoms with Crippen LogP contribution in [0.4, 0.5) is 26.3 Å². The quantitative estimate of drug-likeness (QED) is 0.245. The van der Waals surface area contributed by atoms with Crippen molar-refractivity contribution < 1.29 is 40.6 Å². The van der Waals surface area contributed by atoms with Crippen molar-refractivity contribution in [2.24, 2.45) is 5.10 Å². The number of nitrogens with one attached hydrogen (secondary N) is 1. The number of halogens is 6. The van der Waals surface area contributed by atoms with Crippen LogP contribution < -0.4 is 14.9 Å². The fourth-order valence-corrected chi connectivity index (χ4v) is 2.92. The second-order valence-corrected chi connectivity index (χ2v) is 7.17. The molecule has 0 aliphatic rings. The molecule has 0 radical (unpaired) electrons. The molecule has 1 amide bonds. The van der Waals surface area contributed by atoms with Gasteiger partial charge in [0.2, 0.25) is 0 Å². The number of carbonyl (C=O) groups excluding carboxylic acids is 1. The van der Waals surface area contributed by atoms with Crippen LogP contribution in [0.2, 0.25) is 0 Å². The number of rotatable bonds is 7. The van der Waals surface area contributed by atoms with Gasteiger partial charge in [-0.3, -0.25) is 4.79 Å². The summed E-state index contributed by atoms with van der Waals surface area (Å²) in [6.45, 7) is -0.128. The fraction of sp³-hybridized carbons (Fsp3) is 0.167. The number of methoxy groups -OCH3 is 1. The van der Waals surface area contributed by atoms with E-state index in [1.54, 1.807) is 6.07 Å². The summed E-state index contributed by atoms with van der Waals surface area (Å²) < 4.78 is 87.2. The van der Waals surface area contributed by atoms with Crippen molar-refractivity contribution in [3.8, 4) is 11.5 Å². The van der Waals surface area contributed by atoms with Gasteiger partial charge in [0.15, 0.2) is 11.5 Å². The van der Waals surface area contributed by atoms with E-state index in [4.69, 9.17) is 9.47 Å². The Balaban J connectivity index is 1.62. The number of ether oxygens (including phenoxy) is 2. The maximum Gasteiger partial charge on any atom is 0.416 e. The minimum atomic E-state index is -4.50. The van der Waals surface area contributed by atoms with Crippen molar-refractivity contribution >= 4 is 12.1 Å². The number of hydrogen-bond acceptors (Lipinski definition) is 4. The number of hydrazone groups is 1. The van der Waals surface area contributed by atoms with Gasteiger partial charge in [-0.2, -0.15) is 31.4 Å². The minimum Gasteiger partial charge on any atom is -0.493 e. The van der Waals surface area contributed by atoms with E-state index >= 15 is 0 Å². The predicted octanol–water partition coefficient (Wildman–Crippen LogP) is 6.08. The van der Waals surface area contributed by atoms with Gasteiger partial charge in [0.1, 0.15) is 6.61 Å². The average molecular weight is 496 g/mol. The van der Waals surface area contributed by atoms with Gasteiger partial charge in [-0.1, -0.05) is 12.1 Å². The van der Waals surface area contributed by atoms with Crippen LogP contribution in [0.25, 0.3) is 0 Å². The maximum atomic E-state index is 12.9. The van der Waals surface area contributed by atoms with Gasteiger partial charge in [0.25, 0.3) is 5.91 Å². The molecule has 0 heterocycles. The molecule has 0 saturated carbocycles. The zero-order valence-electron chi connectivity index (χ0n) is 18.1. The topological polar surface area (TPSA) is 59.9 Å². The van der Waals surface area contributed by atoms with E-state index in [1.165, 1.54) is 37.6 Å². The lowest BCUT2D eigenvalue weighted by molar-refractivity contribution is -0.138. The number of carbonyl (C=O) groups is 1. The predicted molar refractivity (Wildman–Crippen MR) is 115 cm³/mol. The number of nitrogens with zero attached hydrogens (tertiary/aromatic N) is 1. The number of hydrogen-bond donors (Lipinski definition) is 1. The van der Waals surface area contributed by atoms with Gasteiger partial charge in [-0.15, -0.1) is 0 Å². The van der Waals surface area contributed by atoms with Gasteiger partial charge in [-0.25, -0.2) is 5.43 Å². The monoisotopic (exact) mass is 496 g/mol. The fourth-order valence-electron chi connectivity index (χ4n) is 2.92. The molecular formula is C24H18F6N2O3. The molecule has 35 heavy (non-hydrogen) atoms. The highest BCUT2D eigenvalue weighted by Gasteiger charge is 2.31. The average Bonchev–Trinajstić information content (AvgIpc) is 2.82. The van der Waals surface area contributed by atoms with Crippen LogP contribution in [0.3, 0.4) is 0 Å². The molecule has 184 valence electrons. The van der Waals surface area contributed by atoms with Crippen molar-refractivity contribution in [3.63, 3.8) is 0 Å². The Labute approximate surface area is 196 Å². The molecule has 1 N–H and O–H groups in total. The molecular weight excluding hydrogens is 478 g/mol. The molecule has 0 aliphatic carbocycles. The first-order valence-electron chi connectivity index (χ1n) is 9.95. The summed E-state index contributed by atoms with van der Waals surface area (Å²) in [4.78, 5) is 12.1. The maximum absolute atomic E-state index is 12.9. The molecule has 0 spiro atoms. The van der Waals surface area contributed by atoms with E-state index in [0.29, 0.717) is 11.1 Å². The van der Waals surface area contributed by atoms with Crippen LogP contribution in [0.1, 0.15) is 32.6 Å². The van der Waals surface area contributed by atoms with Gasteiger partial charge in [-0.05, 0) is 65.7 Å². The first-order valence-corrected chi connectivity index (χ1v) is 9.95. The first kappa shape index (κ1) is 25.6. The van der Waals surface area contributed by atoms with Crippen molar-refractivity contribution in [2.75, 3.05) is 7.11 Å². The molecule has 5 nitrogen and oxygen atoms in total. The highest BCUT2D eigenvalue weighted by molar-refractivity contribution is 5.95. The molecule has 0 saturated heterocycles. The Morgan fingerprint density at radius 2 is 1.57 bits per heavy atom. The Kier molecular flexibility index (Phi) is 7.68. The third-order valence-corrected chi connectivity index (χ3v) is 4.69. The van der Waals surface area contributed by atoms with Gasteiger partial charge in [0.05, 0.1) is 24.5 Å². The summed E-state index contributed by atoms with van der Waals surface area (Å²) in [5.74, 6) is -0.158. The Morgan fingerprint density at radius 3 is 2.20 bits per heavy atom. The molecule has 0 atom stereocenters. The van der Waals surface area contributed by atoms with Crippen LogP contribution in [-0.2, 0) is 19.0 Å². The molecule has 0 aliphatic heterocycles. The molecule has 11 heteroatoms. The third kappa shape index (κ3) is 6.98. The Bertz CT molecular complexity index is 1210. The highest BCUT2D eigenvalue weighted by Crippen LogP contribution is 2.31. The lowest BCUT2D eigenvalue weighted by atomic mass is 10.1. The van der Waals surface area contributed by atoms with E-state index < -0.39 is 29.4 Å².